The van der Waals surface area contributed by atoms with Gasteiger partial charge in [-0.15, -0.1) is 0 Å². The number of aromatic nitrogens is 1. The lowest BCUT2D eigenvalue weighted by Crippen LogP contribution is -2.29. The average molecular weight is 466 g/mol. The molecule has 1 aromatic heterocycles. The normalized spacial score (nSPS) is 10.4. The summed E-state index contributed by atoms with van der Waals surface area (Å²) in [5, 5.41) is 0. The van der Waals surface area contributed by atoms with Gasteiger partial charge in [0.25, 0.3) is 11.8 Å². The molecule has 3 rings (SSSR count). The fourth-order valence-corrected chi connectivity index (χ4v) is 3.38. The highest BCUT2D eigenvalue weighted by molar-refractivity contribution is 5.98. The van der Waals surface area contributed by atoms with Crippen LogP contribution in [-0.4, -0.2) is 56.6 Å². The summed E-state index contributed by atoms with van der Waals surface area (Å²) in [6.07, 6.45) is 2.06. The monoisotopic (exact) mass is 465 g/mol. The van der Waals surface area contributed by atoms with Crippen LogP contribution in [0.15, 0.2) is 54.7 Å². The van der Waals surface area contributed by atoms with Crippen LogP contribution in [0, 0.1) is 0 Å². The number of hydrogen-bond donors (Lipinski definition) is 1. The minimum absolute atomic E-state index is 0.124. The third kappa shape index (κ3) is 5.55. The van der Waals surface area contributed by atoms with Gasteiger partial charge in [0.2, 0.25) is 5.75 Å². The first-order valence-corrected chi connectivity index (χ1v) is 10.4. The predicted octanol–water partition coefficient (Wildman–Crippen LogP) is 3.31. The fraction of sp³-hybridized carbons (Fsp3) is 0.240. The Labute approximate surface area is 198 Å². The van der Waals surface area contributed by atoms with Gasteiger partial charge in [0.05, 0.1) is 26.9 Å². The molecule has 0 atom stereocenters. The number of benzene rings is 2. The van der Waals surface area contributed by atoms with Gasteiger partial charge >= 0.3 is 0 Å². The summed E-state index contributed by atoms with van der Waals surface area (Å²) in [4.78, 5) is 29.9. The molecule has 0 spiro atoms. The summed E-state index contributed by atoms with van der Waals surface area (Å²) in [5.41, 5.74) is 6.75. The molecule has 9 heteroatoms. The zero-order chi connectivity index (χ0) is 24.7. The van der Waals surface area contributed by atoms with E-state index in [2.05, 4.69) is 4.98 Å². The summed E-state index contributed by atoms with van der Waals surface area (Å²) in [7, 11) is 6.22. The number of methoxy groups -OCH3 is 3. The number of hydrogen-bond acceptors (Lipinski definition) is 7. The Bertz CT molecular complexity index is 1180. The molecule has 178 valence electrons. The number of nitrogens with two attached hydrogens (primary N) is 1. The van der Waals surface area contributed by atoms with Gasteiger partial charge in [-0.2, -0.15) is 0 Å². The third-order valence-corrected chi connectivity index (χ3v) is 5.14. The van der Waals surface area contributed by atoms with Crippen molar-refractivity contribution < 1.29 is 28.5 Å². The molecule has 0 saturated heterocycles. The summed E-state index contributed by atoms with van der Waals surface area (Å²) in [5.74, 6) is 1.38. The number of carbonyl (C=O) groups excluding carboxylic acids is 2. The lowest BCUT2D eigenvalue weighted by molar-refractivity contribution is 0.0792. The lowest BCUT2D eigenvalue weighted by Gasteiger charge is -2.20. The maximum atomic E-state index is 13.1. The molecule has 0 aliphatic carbocycles. The van der Waals surface area contributed by atoms with Crippen LogP contribution in [0.1, 0.15) is 26.4 Å². The van der Waals surface area contributed by atoms with Gasteiger partial charge in [-0.3, -0.25) is 14.6 Å². The fourth-order valence-electron chi connectivity index (χ4n) is 3.38. The number of rotatable bonds is 10. The van der Waals surface area contributed by atoms with Crippen LogP contribution in [0.25, 0.3) is 0 Å². The van der Waals surface area contributed by atoms with Gasteiger partial charge in [-0.1, -0.05) is 12.1 Å². The van der Waals surface area contributed by atoms with Gasteiger partial charge in [-0.05, 0) is 42.3 Å². The Hall–Kier alpha value is -4.27. The molecule has 34 heavy (non-hydrogen) atoms. The highest BCUT2D eigenvalue weighted by atomic mass is 16.5. The van der Waals surface area contributed by atoms with E-state index < -0.39 is 5.91 Å². The van der Waals surface area contributed by atoms with Gasteiger partial charge in [-0.25, -0.2) is 0 Å². The van der Waals surface area contributed by atoms with Crippen molar-refractivity contribution in [3.05, 3.63) is 71.5 Å². The van der Waals surface area contributed by atoms with Crippen molar-refractivity contribution in [1.29, 1.82) is 0 Å². The van der Waals surface area contributed by atoms with Crippen molar-refractivity contribution >= 4 is 11.8 Å². The van der Waals surface area contributed by atoms with Crippen LogP contribution in [0.2, 0.25) is 0 Å². The SMILES string of the molecule is COc1ccc(C(=O)N(C)CCc2cccc(Oc3ccnc(C(N)=O)c3)c2)c(OC)c1OC. The number of carbonyl (C=O) groups is 2. The Balaban J connectivity index is 1.70. The van der Waals surface area contributed by atoms with E-state index in [0.717, 1.165) is 5.56 Å². The molecule has 9 nitrogen and oxygen atoms in total. The van der Waals surface area contributed by atoms with Gasteiger partial charge in [0, 0.05) is 25.9 Å². The molecule has 3 aromatic rings. The van der Waals surface area contributed by atoms with Crippen molar-refractivity contribution in [3.8, 4) is 28.7 Å². The quantitative estimate of drug-likeness (QED) is 0.489. The molecule has 0 radical (unpaired) electrons. The van der Waals surface area contributed by atoms with E-state index in [0.29, 0.717) is 47.3 Å². The second-order valence-corrected chi connectivity index (χ2v) is 7.35. The van der Waals surface area contributed by atoms with Crippen LogP contribution >= 0.6 is 0 Å². The first-order valence-electron chi connectivity index (χ1n) is 10.4. The third-order valence-electron chi connectivity index (χ3n) is 5.14. The Kier molecular flexibility index (Phi) is 7.92. The van der Waals surface area contributed by atoms with Crippen LogP contribution < -0.4 is 24.7 Å². The molecule has 2 N–H and O–H groups in total. The Morgan fingerprint density at radius 3 is 2.35 bits per heavy atom. The molecule has 0 fully saturated rings. The first kappa shape index (κ1) is 24.4. The standard InChI is InChI=1S/C25H27N3O6/c1-28(25(30)19-8-9-21(31-2)23(33-4)22(19)32-3)13-11-16-6-5-7-17(14-16)34-18-10-12-27-20(15-18)24(26)29/h5-10,12,14-15H,11,13H2,1-4H3,(H2,26,29). The predicted molar refractivity (Wildman–Crippen MR) is 126 cm³/mol. The largest absolute Gasteiger partial charge is 0.493 e. The number of ether oxygens (including phenoxy) is 4. The maximum absolute atomic E-state index is 13.1. The number of amides is 2. The van der Waals surface area contributed by atoms with E-state index in [1.807, 2.05) is 18.2 Å². The van der Waals surface area contributed by atoms with Crippen molar-refractivity contribution in [2.75, 3.05) is 34.9 Å². The molecule has 0 aliphatic heterocycles. The van der Waals surface area contributed by atoms with Gasteiger partial charge in [0.15, 0.2) is 11.5 Å². The van der Waals surface area contributed by atoms with Crippen molar-refractivity contribution in [2.45, 2.75) is 6.42 Å². The molecule has 0 aliphatic rings. The summed E-state index contributed by atoms with van der Waals surface area (Å²) >= 11 is 0. The highest BCUT2D eigenvalue weighted by Crippen LogP contribution is 2.40. The molecule has 2 aromatic carbocycles. The minimum atomic E-state index is -0.627. The first-order chi connectivity index (χ1) is 16.4. The topological polar surface area (TPSA) is 113 Å². The zero-order valence-electron chi connectivity index (χ0n) is 19.5. The number of primary amides is 1. The number of likely N-dealkylation sites (N-methyl/N-ethyl adjacent to an activating group) is 1. The Morgan fingerprint density at radius 1 is 0.941 bits per heavy atom. The van der Waals surface area contributed by atoms with E-state index in [9.17, 15) is 9.59 Å². The van der Waals surface area contributed by atoms with Crippen molar-refractivity contribution in [1.82, 2.24) is 9.88 Å². The van der Waals surface area contributed by atoms with Crippen LogP contribution in [-0.2, 0) is 6.42 Å². The summed E-state index contributed by atoms with van der Waals surface area (Å²) in [6, 6.07) is 13.9. The molecular weight excluding hydrogens is 438 g/mol. The number of nitrogens with zero attached hydrogens (tertiary/aromatic N) is 2. The molecule has 0 bridgehead atoms. The van der Waals surface area contributed by atoms with Crippen LogP contribution in [0.5, 0.6) is 28.7 Å². The molecule has 2 amide bonds. The van der Waals surface area contributed by atoms with E-state index in [4.69, 9.17) is 24.7 Å². The Morgan fingerprint density at radius 2 is 1.68 bits per heavy atom. The summed E-state index contributed by atoms with van der Waals surface area (Å²) in [6.45, 7) is 0.459. The van der Waals surface area contributed by atoms with Crippen molar-refractivity contribution in [3.63, 3.8) is 0 Å². The summed E-state index contributed by atoms with van der Waals surface area (Å²) < 4.78 is 21.9. The smallest absolute Gasteiger partial charge is 0.267 e. The van der Waals surface area contributed by atoms with E-state index in [1.165, 1.54) is 33.6 Å². The maximum Gasteiger partial charge on any atom is 0.267 e. The van der Waals surface area contributed by atoms with Crippen molar-refractivity contribution in [2.24, 2.45) is 5.73 Å². The second kappa shape index (κ2) is 11.0. The minimum Gasteiger partial charge on any atom is -0.493 e. The molecule has 1 heterocycles. The van der Waals surface area contributed by atoms with E-state index >= 15 is 0 Å². The lowest BCUT2D eigenvalue weighted by atomic mass is 10.1. The highest BCUT2D eigenvalue weighted by Gasteiger charge is 2.23. The van der Waals surface area contributed by atoms with Gasteiger partial charge < -0.3 is 29.6 Å². The average Bonchev–Trinajstić information content (AvgIpc) is 2.86. The number of pyridine rings is 1. The molecule has 0 saturated carbocycles. The molecule has 0 unspecified atom stereocenters. The van der Waals surface area contributed by atoms with Crippen LogP contribution in [0.4, 0.5) is 0 Å². The van der Waals surface area contributed by atoms with E-state index in [-0.39, 0.29) is 11.6 Å². The van der Waals surface area contributed by atoms with E-state index in [1.54, 1.807) is 36.2 Å². The molecular formula is C25H27N3O6. The zero-order valence-corrected chi connectivity index (χ0v) is 19.5. The van der Waals surface area contributed by atoms with Gasteiger partial charge in [0.1, 0.15) is 17.2 Å². The van der Waals surface area contributed by atoms with Crippen LogP contribution in [0.3, 0.4) is 0 Å². The second-order valence-electron chi connectivity index (χ2n) is 7.35.